The average Bonchev–Trinajstić information content (AvgIpc) is 2.51. The zero-order valence-corrected chi connectivity index (χ0v) is 10.0. The van der Waals surface area contributed by atoms with Crippen molar-refractivity contribution >= 4 is 11.9 Å². The minimum atomic E-state index is -0.489. The summed E-state index contributed by atoms with van der Waals surface area (Å²) in [5.74, 6) is -0.587. The van der Waals surface area contributed by atoms with Crippen LogP contribution in [0.5, 0.6) is 5.88 Å². The lowest BCUT2D eigenvalue weighted by Gasteiger charge is -2.20. The number of methoxy groups -OCH3 is 1. The lowest BCUT2D eigenvalue weighted by molar-refractivity contribution is -0.163. The quantitative estimate of drug-likeness (QED) is 0.560. The van der Waals surface area contributed by atoms with Crippen LogP contribution in [0.25, 0.3) is 0 Å². The number of carbonyl (C=O) groups is 2. The van der Waals surface area contributed by atoms with E-state index in [1.54, 1.807) is 18.8 Å². The van der Waals surface area contributed by atoms with E-state index in [1.807, 2.05) is 6.92 Å². The molecule has 1 saturated heterocycles. The van der Waals surface area contributed by atoms with Crippen molar-refractivity contribution < 1.29 is 19.1 Å². The summed E-state index contributed by atoms with van der Waals surface area (Å²) in [5, 5.41) is 4.24. The van der Waals surface area contributed by atoms with E-state index >= 15 is 0 Å². The predicted molar refractivity (Wildman–Crippen MR) is 57.6 cm³/mol. The molecule has 0 aliphatic carbocycles. The van der Waals surface area contributed by atoms with Gasteiger partial charge in [0, 0.05) is 18.5 Å². The Morgan fingerprint density at radius 2 is 1.94 bits per heavy atom. The fourth-order valence-electron chi connectivity index (χ4n) is 2.25. The standard InChI is InChI=1S/C11H14N2O4/c1-6-10(11(16-3)13(2)12-6)7-4-8(14)17-9(15)5-7/h7H,4-5H2,1-3H3. The molecule has 0 saturated carbocycles. The Labute approximate surface area is 98.5 Å². The van der Waals surface area contributed by atoms with Crippen molar-refractivity contribution in [2.45, 2.75) is 25.7 Å². The molecule has 92 valence electrons. The van der Waals surface area contributed by atoms with Gasteiger partial charge in [0.2, 0.25) is 5.88 Å². The topological polar surface area (TPSA) is 70.4 Å². The molecular formula is C11H14N2O4. The summed E-state index contributed by atoms with van der Waals surface area (Å²) in [5.41, 5.74) is 1.59. The molecule has 1 aliphatic heterocycles. The van der Waals surface area contributed by atoms with E-state index in [9.17, 15) is 9.59 Å². The maximum Gasteiger partial charge on any atom is 0.314 e. The number of aryl methyl sites for hydroxylation is 2. The van der Waals surface area contributed by atoms with Gasteiger partial charge in [-0.3, -0.25) is 9.59 Å². The summed E-state index contributed by atoms with van der Waals surface area (Å²) >= 11 is 0. The zero-order chi connectivity index (χ0) is 12.6. The Balaban J connectivity index is 2.39. The van der Waals surface area contributed by atoms with E-state index in [-0.39, 0.29) is 18.8 Å². The largest absolute Gasteiger partial charge is 0.481 e. The summed E-state index contributed by atoms with van der Waals surface area (Å²) in [6.45, 7) is 1.84. The molecule has 0 atom stereocenters. The highest BCUT2D eigenvalue weighted by Crippen LogP contribution is 2.36. The van der Waals surface area contributed by atoms with Crippen LogP contribution in [0.15, 0.2) is 0 Å². The normalized spacial score (nSPS) is 17.1. The monoisotopic (exact) mass is 238 g/mol. The second-order valence-electron chi connectivity index (χ2n) is 4.08. The summed E-state index contributed by atoms with van der Waals surface area (Å²) in [4.78, 5) is 22.5. The van der Waals surface area contributed by atoms with Crippen LogP contribution in [0.4, 0.5) is 0 Å². The van der Waals surface area contributed by atoms with E-state index in [4.69, 9.17) is 4.74 Å². The SMILES string of the molecule is COc1c(C2CC(=O)OC(=O)C2)c(C)nn1C. The lowest BCUT2D eigenvalue weighted by atomic mass is 9.91. The summed E-state index contributed by atoms with van der Waals surface area (Å²) in [6.07, 6.45) is 0.378. The fourth-order valence-corrected chi connectivity index (χ4v) is 2.25. The van der Waals surface area contributed by atoms with E-state index in [0.29, 0.717) is 5.88 Å². The van der Waals surface area contributed by atoms with Gasteiger partial charge in [-0.15, -0.1) is 0 Å². The van der Waals surface area contributed by atoms with Crippen LogP contribution >= 0.6 is 0 Å². The summed E-state index contributed by atoms with van der Waals surface area (Å²) in [6, 6.07) is 0. The van der Waals surface area contributed by atoms with Gasteiger partial charge in [0.15, 0.2) is 0 Å². The molecule has 1 aromatic heterocycles. The van der Waals surface area contributed by atoms with Gasteiger partial charge < -0.3 is 9.47 Å². The number of rotatable bonds is 2. The molecule has 6 heteroatoms. The second kappa shape index (κ2) is 4.20. The predicted octanol–water partition coefficient (Wildman–Crippen LogP) is 0.684. The average molecular weight is 238 g/mol. The van der Waals surface area contributed by atoms with Gasteiger partial charge in [0.1, 0.15) is 0 Å². The molecular weight excluding hydrogens is 224 g/mol. The molecule has 0 amide bonds. The van der Waals surface area contributed by atoms with Gasteiger partial charge >= 0.3 is 11.9 Å². The third-order valence-corrected chi connectivity index (χ3v) is 2.87. The van der Waals surface area contributed by atoms with Gasteiger partial charge in [-0.25, -0.2) is 4.68 Å². The number of ether oxygens (including phenoxy) is 2. The molecule has 0 unspecified atom stereocenters. The highest BCUT2D eigenvalue weighted by Gasteiger charge is 2.33. The van der Waals surface area contributed by atoms with Gasteiger partial charge in [-0.1, -0.05) is 0 Å². The molecule has 0 N–H and O–H groups in total. The molecule has 1 fully saturated rings. The molecule has 2 rings (SSSR count). The zero-order valence-electron chi connectivity index (χ0n) is 10.0. The van der Waals surface area contributed by atoms with Crippen LogP contribution in [0.3, 0.4) is 0 Å². The number of hydrogen-bond acceptors (Lipinski definition) is 5. The number of carbonyl (C=O) groups excluding carboxylic acids is 2. The molecule has 0 aromatic carbocycles. The van der Waals surface area contributed by atoms with Crippen molar-refractivity contribution in [3.63, 3.8) is 0 Å². The Bertz CT molecular complexity index is 462. The van der Waals surface area contributed by atoms with Crippen molar-refractivity contribution in [1.82, 2.24) is 9.78 Å². The van der Waals surface area contributed by atoms with Crippen LogP contribution in [0.2, 0.25) is 0 Å². The Morgan fingerprint density at radius 1 is 1.35 bits per heavy atom. The Kier molecular flexibility index (Phi) is 2.87. The van der Waals surface area contributed by atoms with Crippen LogP contribution in [0, 0.1) is 6.92 Å². The van der Waals surface area contributed by atoms with E-state index in [0.717, 1.165) is 11.3 Å². The van der Waals surface area contributed by atoms with Crippen molar-refractivity contribution in [2.24, 2.45) is 7.05 Å². The molecule has 1 aliphatic rings. The van der Waals surface area contributed by atoms with Crippen LogP contribution in [-0.2, 0) is 21.4 Å². The maximum absolute atomic E-state index is 11.3. The minimum absolute atomic E-state index is 0.189. The molecule has 0 spiro atoms. The van der Waals surface area contributed by atoms with Crippen LogP contribution in [0.1, 0.15) is 30.0 Å². The maximum atomic E-state index is 11.3. The third kappa shape index (κ3) is 2.02. The third-order valence-electron chi connectivity index (χ3n) is 2.87. The first-order valence-electron chi connectivity index (χ1n) is 5.34. The fraction of sp³-hybridized carbons (Fsp3) is 0.545. The number of aromatic nitrogens is 2. The smallest absolute Gasteiger partial charge is 0.314 e. The first kappa shape index (κ1) is 11.6. The van der Waals surface area contributed by atoms with E-state index in [2.05, 4.69) is 9.84 Å². The van der Waals surface area contributed by atoms with Crippen LogP contribution in [-0.4, -0.2) is 28.8 Å². The highest BCUT2D eigenvalue weighted by atomic mass is 16.6. The van der Waals surface area contributed by atoms with Crippen molar-refractivity contribution in [3.8, 4) is 5.88 Å². The Morgan fingerprint density at radius 3 is 2.47 bits per heavy atom. The van der Waals surface area contributed by atoms with Gasteiger partial charge in [0.25, 0.3) is 0 Å². The minimum Gasteiger partial charge on any atom is -0.481 e. The number of hydrogen-bond donors (Lipinski definition) is 0. The van der Waals surface area contributed by atoms with E-state index in [1.165, 1.54) is 0 Å². The van der Waals surface area contributed by atoms with Gasteiger partial charge in [-0.05, 0) is 6.92 Å². The van der Waals surface area contributed by atoms with Crippen LogP contribution < -0.4 is 4.74 Å². The van der Waals surface area contributed by atoms with E-state index < -0.39 is 11.9 Å². The van der Waals surface area contributed by atoms with Crippen molar-refractivity contribution in [2.75, 3.05) is 7.11 Å². The molecule has 0 radical (unpaired) electrons. The second-order valence-corrected chi connectivity index (χ2v) is 4.08. The molecule has 17 heavy (non-hydrogen) atoms. The highest BCUT2D eigenvalue weighted by molar-refractivity contribution is 5.89. The first-order chi connectivity index (χ1) is 8.02. The number of esters is 2. The summed E-state index contributed by atoms with van der Waals surface area (Å²) in [7, 11) is 3.31. The molecule has 2 heterocycles. The summed E-state index contributed by atoms with van der Waals surface area (Å²) < 4.78 is 11.4. The number of nitrogens with zero attached hydrogens (tertiary/aromatic N) is 2. The Hall–Kier alpha value is -1.85. The number of cyclic esters (lactones) is 2. The molecule has 0 bridgehead atoms. The lowest BCUT2D eigenvalue weighted by Crippen LogP contribution is -2.24. The van der Waals surface area contributed by atoms with Gasteiger partial charge in [-0.2, -0.15) is 5.10 Å². The molecule has 6 nitrogen and oxygen atoms in total. The van der Waals surface area contributed by atoms with Gasteiger partial charge in [0.05, 0.1) is 25.6 Å². The molecule has 1 aromatic rings. The van der Waals surface area contributed by atoms with Crippen molar-refractivity contribution in [3.05, 3.63) is 11.3 Å². The van der Waals surface area contributed by atoms with Crippen molar-refractivity contribution in [1.29, 1.82) is 0 Å². The first-order valence-corrected chi connectivity index (χ1v) is 5.34.